The summed E-state index contributed by atoms with van der Waals surface area (Å²) in [5, 5.41) is 6.71. The fraction of sp³-hybridized carbons (Fsp3) is 0.211. The number of hydrogen-bond acceptors (Lipinski definition) is 7. The zero-order valence-electron chi connectivity index (χ0n) is 15.2. The normalized spacial score (nSPS) is 14.2. The Kier molecular flexibility index (Phi) is 4.48. The minimum absolute atomic E-state index is 0.0121. The summed E-state index contributed by atoms with van der Waals surface area (Å²) in [7, 11) is 1.64. The van der Waals surface area contributed by atoms with E-state index in [2.05, 4.69) is 20.4 Å². The molecule has 1 aromatic carbocycles. The van der Waals surface area contributed by atoms with E-state index in [1.165, 1.54) is 4.90 Å². The van der Waals surface area contributed by atoms with E-state index >= 15 is 0 Å². The van der Waals surface area contributed by atoms with E-state index in [4.69, 9.17) is 9.26 Å². The Hall–Kier alpha value is -3.75. The predicted octanol–water partition coefficient (Wildman–Crippen LogP) is 1.98. The van der Waals surface area contributed by atoms with Gasteiger partial charge in [-0.2, -0.15) is 4.98 Å². The molecule has 0 aliphatic carbocycles. The number of rotatable bonds is 4. The van der Waals surface area contributed by atoms with Crippen LogP contribution in [-0.4, -0.2) is 40.6 Å². The van der Waals surface area contributed by atoms with Gasteiger partial charge in [0.25, 0.3) is 11.8 Å². The lowest BCUT2D eigenvalue weighted by atomic mass is 10.1. The van der Waals surface area contributed by atoms with Crippen molar-refractivity contribution in [1.29, 1.82) is 0 Å². The Labute approximate surface area is 160 Å². The molecule has 0 radical (unpaired) electrons. The molecule has 2 amide bonds. The van der Waals surface area contributed by atoms with Crippen molar-refractivity contribution in [2.24, 2.45) is 0 Å². The third kappa shape index (κ3) is 3.29. The second-order valence-corrected chi connectivity index (χ2v) is 6.29. The molecule has 3 heterocycles. The molecule has 0 spiro atoms. The maximum Gasteiger partial charge on any atom is 0.264 e. The zero-order chi connectivity index (χ0) is 19.7. The maximum atomic E-state index is 12.6. The largest absolute Gasteiger partial charge is 0.482 e. The van der Waals surface area contributed by atoms with Gasteiger partial charge in [-0.15, -0.1) is 0 Å². The third-order valence-corrected chi connectivity index (χ3v) is 4.36. The second-order valence-electron chi connectivity index (χ2n) is 6.29. The lowest BCUT2D eigenvalue weighted by molar-refractivity contribution is -0.120. The van der Waals surface area contributed by atoms with Gasteiger partial charge in [-0.05, 0) is 37.3 Å². The van der Waals surface area contributed by atoms with Gasteiger partial charge in [0, 0.05) is 18.8 Å². The number of aromatic nitrogens is 3. The molecule has 9 nitrogen and oxygen atoms in total. The number of benzene rings is 1. The molecule has 4 rings (SSSR count). The first-order valence-electron chi connectivity index (χ1n) is 8.62. The molecule has 0 bridgehead atoms. The van der Waals surface area contributed by atoms with Crippen LogP contribution >= 0.6 is 0 Å². The zero-order valence-corrected chi connectivity index (χ0v) is 15.2. The Bertz CT molecular complexity index is 1030. The number of pyridine rings is 1. The highest BCUT2D eigenvalue weighted by Crippen LogP contribution is 2.32. The number of anilines is 1. The predicted molar refractivity (Wildman–Crippen MR) is 98.8 cm³/mol. The van der Waals surface area contributed by atoms with Crippen LogP contribution in [0.5, 0.6) is 5.75 Å². The molecular formula is C19H17N5O4. The molecule has 3 aromatic rings. The molecule has 1 N–H and O–H groups in total. The van der Waals surface area contributed by atoms with Gasteiger partial charge in [-0.3, -0.25) is 14.6 Å². The molecule has 9 heteroatoms. The summed E-state index contributed by atoms with van der Waals surface area (Å²) in [6.45, 7) is 1.73. The molecule has 0 saturated carbocycles. The van der Waals surface area contributed by atoms with E-state index < -0.39 is 6.04 Å². The lowest BCUT2D eigenvalue weighted by Crippen LogP contribution is -2.35. The molecule has 1 atom stereocenters. The van der Waals surface area contributed by atoms with Gasteiger partial charge in [0.15, 0.2) is 6.61 Å². The van der Waals surface area contributed by atoms with Crippen LogP contribution in [0.4, 0.5) is 5.69 Å². The third-order valence-electron chi connectivity index (χ3n) is 4.36. The quantitative estimate of drug-likeness (QED) is 0.738. The van der Waals surface area contributed by atoms with Crippen molar-refractivity contribution in [3.63, 3.8) is 0 Å². The lowest BCUT2D eigenvalue weighted by Gasteiger charge is -2.26. The van der Waals surface area contributed by atoms with Crippen LogP contribution in [-0.2, 0) is 4.79 Å². The SMILES string of the molecule is CC(NC(=O)c1ccc2c(c1)N(C)C(=O)CO2)c1nc(-c2ccccn2)no1. The monoisotopic (exact) mass is 379 g/mol. The first-order chi connectivity index (χ1) is 13.5. The topological polar surface area (TPSA) is 110 Å². The van der Waals surface area contributed by atoms with Crippen molar-refractivity contribution in [3.05, 3.63) is 54.0 Å². The van der Waals surface area contributed by atoms with Crippen LogP contribution < -0.4 is 15.0 Å². The van der Waals surface area contributed by atoms with Gasteiger partial charge in [0.05, 0.1) is 5.69 Å². The fourth-order valence-corrected chi connectivity index (χ4v) is 2.77. The summed E-state index contributed by atoms with van der Waals surface area (Å²) in [5.41, 5.74) is 1.52. The summed E-state index contributed by atoms with van der Waals surface area (Å²) in [4.78, 5) is 34.3. The van der Waals surface area contributed by atoms with Crippen molar-refractivity contribution in [3.8, 4) is 17.3 Å². The molecular weight excluding hydrogens is 362 g/mol. The number of ether oxygens (including phenoxy) is 1. The van der Waals surface area contributed by atoms with E-state index in [-0.39, 0.29) is 24.3 Å². The molecule has 28 heavy (non-hydrogen) atoms. The minimum atomic E-state index is -0.510. The summed E-state index contributed by atoms with van der Waals surface area (Å²) >= 11 is 0. The highest BCUT2D eigenvalue weighted by Gasteiger charge is 2.24. The van der Waals surface area contributed by atoms with Crippen molar-refractivity contribution >= 4 is 17.5 Å². The molecule has 1 aliphatic heterocycles. The first-order valence-corrected chi connectivity index (χ1v) is 8.62. The number of likely N-dealkylation sites (N-methyl/N-ethyl adjacent to an activating group) is 1. The summed E-state index contributed by atoms with van der Waals surface area (Å²) in [6.07, 6.45) is 1.64. The number of carbonyl (C=O) groups is 2. The first kappa shape index (κ1) is 17.7. The number of amides is 2. The molecule has 2 aromatic heterocycles. The van der Waals surface area contributed by atoms with E-state index in [1.54, 1.807) is 50.5 Å². The number of hydrogen-bond donors (Lipinski definition) is 1. The van der Waals surface area contributed by atoms with E-state index in [0.717, 1.165) is 0 Å². The van der Waals surface area contributed by atoms with Crippen LogP contribution in [0.1, 0.15) is 29.2 Å². The molecule has 0 fully saturated rings. The van der Waals surface area contributed by atoms with Crippen molar-refractivity contribution in [1.82, 2.24) is 20.4 Å². The number of nitrogens with zero attached hydrogens (tertiary/aromatic N) is 4. The number of fused-ring (bicyclic) bond motifs is 1. The standard InChI is InChI=1S/C19H17N5O4/c1-11(19-22-17(23-28-19)13-5-3-4-8-20-13)21-18(26)12-6-7-15-14(9-12)24(2)16(25)10-27-15/h3-9,11H,10H2,1-2H3,(H,21,26). The van der Waals surface area contributed by atoms with Crippen LogP contribution in [0.15, 0.2) is 47.1 Å². The van der Waals surface area contributed by atoms with Crippen LogP contribution in [0.3, 0.4) is 0 Å². The Morgan fingerprint density at radius 3 is 2.93 bits per heavy atom. The Morgan fingerprint density at radius 1 is 1.29 bits per heavy atom. The van der Waals surface area contributed by atoms with Crippen LogP contribution in [0.2, 0.25) is 0 Å². The second kappa shape index (κ2) is 7.10. The fourth-order valence-electron chi connectivity index (χ4n) is 2.77. The van der Waals surface area contributed by atoms with Crippen LogP contribution in [0.25, 0.3) is 11.5 Å². The number of carbonyl (C=O) groups excluding carboxylic acids is 2. The molecule has 142 valence electrons. The highest BCUT2D eigenvalue weighted by molar-refractivity contribution is 6.01. The van der Waals surface area contributed by atoms with E-state index in [0.29, 0.717) is 28.5 Å². The van der Waals surface area contributed by atoms with Gasteiger partial charge in [-0.1, -0.05) is 11.2 Å². The molecule has 0 saturated heterocycles. The summed E-state index contributed by atoms with van der Waals surface area (Å²) < 4.78 is 10.6. The maximum absolute atomic E-state index is 12.6. The van der Waals surface area contributed by atoms with Crippen molar-refractivity contribution < 1.29 is 18.8 Å². The van der Waals surface area contributed by atoms with Gasteiger partial charge < -0.3 is 19.5 Å². The van der Waals surface area contributed by atoms with Crippen molar-refractivity contribution in [2.45, 2.75) is 13.0 Å². The smallest absolute Gasteiger partial charge is 0.264 e. The Morgan fingerprint density at radius 2 is 2.14 bits per heavy atom. The average molecular weight is 379 g/mol. The average Bonchev–Trinajstić information content (AvgIpc) is 3.22. The van der Waals surface area contributed by atoms with Gasteiger partial charge in [-0.25, -0.2) is 0 Å². The van der Waals surface area contributed by atoms with Gasteiger partial charge >= 0.3 is 0 Å². The minimum Gasteiger partial charge on any atom is -0.482 e. The van der Waals surface area contributed by atoms with Gasteiger partial charge in [0.2, 0.25) is 11.7 Å². The van der Waals surface area contributed by atoms with Crippen LogP contribution in [0, 0.1) is 0 Å². The number of nitrogens with one attached hydrogen (secondary N) is 1. The van der Waals surface area contributed by atoms with E-state index in [9.17, 15) is 9.59 Å². The molecule has 1 unspecified atom stereocenters. The molecule has 1 aliphatic rings. The van der Waals surface area contributed by atoms with Crippen molar-refractivity contribution in [2.75, 3.05) is 18.6 Å². The van der Waals surface area contributed by atoms with Gasteiger partial charge in [0.1, 0.15) is 17.5 Å². The van der Waals surface area contributed by atoms with E-state index in [1.807, 2.05) is 6.07 Å². The summed E-state index contributed by atoms with van der Waals surface area (Å²) in [5.74, 6) is 0.666. The Balaban J connectivity index is 1.50. The highest BCUT2D eigenvalue weighted by atomic mass is 16.5. The summed E-state index contributed by atoms with van der Waals surface area (Å²) in [6, 6.07) is 9.80.